The van der Waals surface area contributed by atoms with E-state index in [0.717, 1.165) is 5.56 Å². The van der Waals surface area contributed by atoms with E-state index in [-0.39, 0.29) is 5.56 Å². The lowest BCUT2D eigenvalue weighted by molar-refractivity contribution is 0.173. The second-order valence-corrected chi connectivity index (χ2v) is 2.48. The Labute approximate surface area is 64.9 Å². The first-order valence-corrected chi connectivity index (χ1v) is 3.57. The second-order valence-electron chi connectivity index (χ2n) is 2.48. The van der Waals surface area contributed by atoms with Crippen molar-refractivity contribution in [2.75, 3.05) is 0 Å². The summed E-state index contributed by atoms with van der Waals surface area (Å²) in [6.07, 6.45) is 2.02. The fourth-order valence-electron chi connectivity index (χ4n) is 1.09. The maximum atomic E-state index is 11.1. The number of rotatable bonds is 1. The highest BCUT2D eigenvalue weighted by Crippen LogP contribution is 2.00. The van der Waals surface area contributed by atoms with Gasteiger partial charge in [-0.3, -0.25) is 4.79 Å². The van der Waals surface area contributed by atoms with Gasteiger partial charge >= 0.3 is 0 Å². The molecule has 1 aromatic heterocycles. The maximum Gasteiger partial charge on any atom is 0.286 e. The first kappa shape index (κ1) is 7.85. The maximum absolute atomic E-state index is 11.1. The highest BCUT2D eigenvalue weighted by molar-refractivity contribution is 5.21. The Hall–Kier alpha value is -1.25. The molecule has 0 amide bonds. The van der Waals surface area contributed by atoms with E-state index in [1.807, 2.05) is 13.8 Å². The topological polar surface area (TPSA) is 42.2 Å². The molecule has 0 unspecified atom stereocenters. The molecule has 0 atom stereocenters. The SMILES string of the molecule is CCc1c(C)ccn(O)c1=O. The monoisotopic (exact) mass is 153 g/mol. The minimum Gasteiger partial charge on any atom is -0.425 e. The van der Waals surface area contributed by atoms with Gasteiger partial charge in [0.25, 0.3) is 5.56 Å². The molecule has 0 aliphatic heterocycles. The Morgan fingerprint density at radius 2 is 2.27 bits per heavy atom. The molecule has 0 aromatic carbocycles. The van der Waals surface area contributed by atoms with Crippen LogP contribution < -0.4 is 5.56 Å². The lowest BCUT2D eigenvalue weighted by Crippen LogP contribution is -2.21. The van der Waals surface area contributed by atoms with E-state index in [2.05, 4.69) is 0 Å². The Kier molecular flexibility index (Phi) is 1.98. The van der Waals surface area contributed by atoms with Gasteiger partial charge in [0.05, 0.1) is 0 Å². The molecule has 0 saturated carbocycles. The molecule has 0 spiro atoms. The van der Waals surface area contributed by atoms with Gasteiger partial charge in [0, 0.05) is 11.8 Å². The highest BCUT2D eigenvalue weighted by Gasteiger charge is 2.02. The van der Waals surface area contributed by atoms with Gasteiger partial charge in [-0.15, -0.1) is 0 Å². The summed E-state index contributed by atoms with van der Waals surface area (Å²) >= 11 is 0. The molecule has 11 heavy (non-hydrogen) atoms. The third-order valence-electron chi connectivity index (χ3n) is 1.76. The van der Waals surface area contributed by atoms with E-state index < -0.39 is 0 Å². The summed E-state index contributed by atoms with van der Waals surface area (Å²) in [7, 11) is 0. The first-order chi connectivity index (χ1) is 5.16. The van der Waals surface area contributed by atoms with Crippen molar-refractivity contribution in [2.24, 2.45) is 0 Å². The molecule has 0 aliphatic carbocycles. The molecule has 0 bridgehead atoms. The van der Waals surface area contributed by atoms with Crippen molar-refractivity contribution < 1.29 is 5.21 Å². The molecule has 0 aliphatic rings. The van der Waals surface area contributed by atoms with Gasteiger partial charge in [0.2, 0.25) is 0 Å². The first-order valence-electron chi connectivity index (χ1n) is 3.57. The quantitative estimate of drug-likeness (QED) is 0.610. The minimum absolute atomic E-state index is 0.312. The van der Waals surface area contributed by atoms with Gasteiger partial charge in [-0.1, -0.05) is 6.92 Å². The third-order valence-corrected chi connectivity index (χ3v) is 1.76. The van der Waals surface area contributed by atoms with Crippen molar-refractivity contribution in [3.8, 4) is 0 Å². The van der Waals surface area contributed by atoms with Crippen molar-refractivity contribution >= 4 is 0 Å². The van der Waals surface area contributed by atoms with Crippen molar-refractivity contribution in [2.45, 2.75) is 20.3 Å². The van der Waals surface area contributed by atoms with Crippen molar-refractivity contribution in [1.82, 2.24) is 4.73 Å². The molecule has 3 heteroatoms. The summed E-state index contributed by atoms with van der Waals surface area (Å²) in [5.41, 5.74) is 1.30. The normalized spacial score (nSPS) is 10.0. The molecule has 0 saturated heterocycles. The molecule has 1 N–H and O–H groups in total. The largest absolute Gasteiger partial charge is 0.425 e. The Balaban J connectivity index is 3.41. The highest BCUT2D eigenvalue weighted by atomic mass is 16.5. The minimum atomic E-state index is -0.312. The molecule has 0 fully saturated rings. The summed E-state index contributed by atoms with van der Waals surface area (Å²) in [6.45, 7) is 3.75. The number of pyridine rings is 1. The zero-order valence-corrected chi connectivity index (χ0v) is 6.66. The van der Waals surface area contributed by atoms with Gasteiger partial charge in [-0.05, 0) is 25.0 Å². The smallest absolute Gasteiger partial charge is 0.286 e. The van der Waals surface area contributed by atoms with E-state index in [1.54, 1.807) is 6.07 Å². The Morgan fingerprint density at radius 3 is 2.73 bits per heavy atom. The predicted octanol–water partition coefficient (Wildman–Crippen LogP) is 0.956. The van der Waals surface area contributed by atoms with E-state index in [0.29, 0.717) is 16.7 Å². The summed E-state index contributed by atoms with van der Waals surface area (Å²) in [5, 5.41) is 8.96. The molecule has 1 rings (SSSR count). The Bertz CT molecular complexity index is 314. The lowest BCUT2D eigenvalue weighted by atomic mass is 10.1. The molecule has 3 nitrogen and oxygen atoms in total. The van der Waals surface area contributed by atoms with Crippen LogP contribution in [0.15, 0.2) is 17.1 Å². The fourth-order valence-corrected chi connectivity index (χ4v) is 1.09. The van der Waals surface area contributed by atoms with Crippen molar-refractivity contribution in [3.63, 3.8) is 0 Å². The van der Waals surface area contributed by atoms with E-state index in [4.69, 9.17) is 5.21 Å². The van der Waals surface area contributed by atoms with E-state index in [1.165, 1.54) is 6.20 Å². The van der Waals surface area contributed by atoms with Gasteiger partial charge in [-0.2, -0.15) is 4.73 Å². The molecular formula is C8H11NO2. The number of hydrogen-bond donors (Lipinski definition) is 1. The van der Waals surface area contributed by atoms with Crippen LogP contribution in [0.25, 0.3) is 0 Å². The molecule has 60 valence electrons. The van der Waals surface area contributed by atoms with Crippen LogP contribution in [0.1, 0.15) is 18.1 Å². The van der Waals surface area contributed by atoms with Gasteiger partial charge in [-0.25, -0.2) is 0 Å². The van der Waals surface area contributed by atoms with Crippen LogP contribution in [0.5, 0.6) is 0 Å². The number of aryl methyl sites for hydroxylation is 1. The zero-order chi connectivity index (χ0) is 8.43. The van der Waals surface area contributed by atoms with Crippen LogP contribution in [-0.2, 0) is 6.42 Å². The van der Waals surface area contributed by atoms with Crippen molar-refractivity contribution in [1.29, 1.82) is 0 Å². The standard InChI is InChI=1S/C8H11NO2/c1-3-7-6(2)4-5-9(11)8(7)10/h4-5,11H,3H2,1-2H3. The molecule has 1 aromatic rings. The third kappa shape index (κ3) is 1.27. The van der Waals surface area contributed by atoms with Gasteiger partial charge < -0.3 is 5.21 Å². The lowest BCUT2D eigenvalue weighted by Gasteiger charge is -2.02. The van der Waals surface area contributed by atoms with Crippen LogP contribution in [0.3, 0.4) is 0 Å². The average Bonchev–Trinajstić information content (AvgIpc) is 1.99. The second kappa shape index (κ2) is 2.78. The Morgan fingerprint density at radius 1 is 1.64 bits per heavy atom. The summed E-state index contributed by atoms with van der Waals surface area (Å²) in [6, 6.07) is 1.72. The van der Waals surface area contributed by atoms with E-state index >= 15 is 0 Å². The van der Waals surface area contributed by atoms with Crippen LogP contribution in [-0.4, -0.2) is 9.94 Å². The van der Waals surface area contributed by atoms with Crippen LogP contribution in [0.4, 0.5) is 0 Å². The van der Waals surface area contributed by atoms with Crippen LogP contribution >= 0.6 is 0 Å². The molecule has 1 heterocycles. The zero-order valence-electron chi connectivity index (χ0n) is 6.66. The predicted molar refractivity (Wildman–Crippen MR) is 42.0 cm³/mol. The molecular weight excluding hydrogens is 142 g/mol. The summed E-state index contributed by atoms with van der Waals surface area (Å²) in [4.78, 5) is 11.1. The van der Waals surface area contributed by atoms with Crippen LogP contribution in [0, 0.1) is 6.92 Å². The van der Waals surface area contributed by atoms with Crippen molar-refractivity contribution in [3.05, 3.63) is 33.7 Å². The number of nitrogens with zero attached hydrogens (tertiary/aromatic N) is 1. The van der Waals surface area contributed by atoms with Crippen LogP contribution in [0.2, 0.25) is 0 Å². The van der Waals surface area contributed by atoms with Gasteiger partial charge in [0.1, 0.15) is 0 Å². The fraction of sp³-hybridized carbons (Fsp3) is 0.375. The summed E-state index contributed by atoms with van der Waals surface area (Å²) in [5.74, 6) is 0. The number of hydrogen-bond acceptors (Lipinski definition) is 2. The van der Waals surface area contributed by atoms with Gasteiger partial charge in [0.15, 0.2) is 0 Å². The summed E-state index contributed by atoms with van der Waals surface area (Å²) < 4.78 is 0.617. The molecule has 0 radical (unpaired) electrons. The number of aromatic nitrogens is 1. The average molecular weight is 153 g/mol. The van der Waals surface area contributed by atoms with E-state index in [9.17, 15) is 4.79 Å².